The third-order valence-electron chi connectivity index (χ3n) is 7.00. The number of unbranched alkanes of at least 4 members (excludes halogenated alkanes) is 2. The van der Waals surface area contributed by atoms with Gasteiger partial charge >= 0.3 is 12.1 Å². The lowest BCUT2D eigenvalue weighted by Gasteiger charge is -2.39. The lowest BCUT2D eigenvalue weighted by molar-refractivity contribution is 0.0544. The highest BCUT2D eigenvalue weighted by atomic mass is 16.6. The average Bonchev–Trinajstić information content (AvgIpc) is 3.34. The van der Waals surface area contributed by atoms with Gasteiger partial charge in [0.05, 0.1) is 25.3 Å². The Morgan fingerprint density at radius 3 is 2.56 bits per heavy atom. The maximum Gasteiger partial charge on any atom is 0.418 e. The van der Waals surface area contributed by atoms with Crippen LogP contribution in [0.3, 0.4) is 0 Å². The molecule has 2 heterocycles. The van der Waals surface area contributed by atoms with Gasteiger partial charge < -0.3 is 19.1 Å². The minimum atomic E-state index is -0.593. The zero-order valence-electron chi connectivity index (χ0n) is 24.0. The Labute approximate surface area is 231 Å². The molecule has 0 unspecified atom stereocenters. The van der Waals surface area contributed by atoms with Crippen molar-refractivity contribution in [2.75, 3.05) is 31.7 Å². The lowest BCUT2D eigenvalue weighted by atomic mass is 10.0. The molecule has 1 atom stereocenters. The van der Waals surface area contributed by atoms with Crippen molar-refractivity contribution in [3.63, 3.8) is 0 Å². The first-order chi connectivity index (χ1) is 18.6. The molecular formula is C31H41N3O5. The molecule has 4 rings (SSSR count). The van der Waals surface area contributed by atoms with Crippen LogP contribution in [0.1, 0.15) is 71.9 Å². The van der Waals surface area contributed by atoms with Gasteiger partial charge in [0.2, 0.25) is 0 Å². The molecule has 1 aliphatic rings. The molecule has 0 N–H and O–H groups in total. The molecule has 3 aromatic rings. The molecule has 0 spiro atoms. The van der Waals surface area contributed by atoms with Crippen molar-refractivity contribution in [2.45, 2.75) is 71.9 Å². The van der Waals surface area contributed by atoms with Crippen LogP contribution in [0.25, 0.3) is 10.9 Å². The summed E-state index contributed by atoms with van der Waals surface area (Å²) in [5.74, 6) is 1.31. The van der Waals surface area contributed by atoms with Crippen molar-refractivity contribution in [3.05, 3.63) is 54.2 Å². The Morgan fingerprint density at radius 1 is 1.05 bits per heavy atom. The van der Waals surface area contributed by atoms with Crippen LogP contribution in [0.4, 0.5) is 15.3 Å². The largest absolute Gasteiger partial charge is 0.493 e. The van der Waals surface area contributed by atoms with E-state index in [9.17, 15) is 9.59 Å². The van der Waals surface area contributed by atoms with E-state index in [2.05, 4.69) is 6.92 Å². The number of fused-ring (bicyclic) bond motifs is 1. The van der Waals surface area contributed by atoms with Gasteiger partial charge in [-0.1, -0.05) is 31.9 Å². The molecular weight excluding hydrogens is 494 g/mol. The van der Waals surface area contributed by atoms with E-state index in [0.29, 0.717) is 31.2 Å². The number of amides is 2. The minimum absolute atomic E-state index is 0.0561. The second-order valence-electron chi connectivity index (χ2n) is 11.0. The van der Waals surface area contributed by atoms with Crippen LogP contribution in [0.2, 0.25) is 0 Å². The maximum absolute atomic E-state index is 13.8. The number of nitrogens with zero attached hydrogens (tertiary/aromatic N) is 3. The van der Waals surface area contributed by atoms with E-state index in [4.69, 9.17) is 14.2 Å². The van der Waals surface area contributed by atoms with E-state index in [1.165, 1.54) is 4.57 Å². The number of methoxy groups -OCH3 is 1. The fourth-order valence-electron chi connectivity index (χ4n) is 5.02. The fourth-order valence-corrected chi connectivity index (χ4v) is 5.02. The average molecular weight is 536 g/mol. The van der Waals surface area contributed by atoms with Crippen molar-refractivity contribution >= 4 is 28.7 Å². The Balaban J connectivity index is 1.57. The maximum atomic E-state index is 13.8. The molecule has 0 aliphatic carbocycles. The fraction of sp³-hybridized carbons (Fsp3) is 0.484. The molecule has 0 saturated carbocycles. The van der Waals surface area contributed by atoms with E-state index in [1.54, 1.807) is 13.3 Å². The number of aromatic nitrogens is 1. The number of benzene rings is 2. The molecule has 39 heavy (non-hydrogen) atoms. The number of ether oxygens (including phenoxy) is 3. The number of anilines is 1. The van der Waals surface area contributed by atoms with Crippen LogP contribution >= 0.6 is 0 Å². The minimum Gasteiger partial charge on any atom is -0.493 e. The Hall–Kier alpha value is -3.68. The number of carbonyl (C=O) groups is 2. The zero-order chi connectivity index (χ0) is 28.2. The molecule has 8 nitrogen and oxygen atoms in total. The summed E-state index contributed by atoms with van der Waals surface area (Å²) in [7, 11) is 1.63. The molecule has 8 heteroatoms. The summed E-state index contributed by atoms with van der Waals surface area (Å²) in [5, 5.41) is 0.924. The van der Waals surface area contributed by atoms with Crippen molar-refractivity contribution in [1.82, 2.24) is 9.47 Å². The van der Waals surface area contributed by atoms with E-state index < -0.39 is 11.7 Å². The number of urea groups is 1. The molecule has 2 amide bonds. The quantitative estimate of drug-likeness (QED) is 0.267. The second kappa shape index (κ2) is 12.0. The van der Waals surface area contributed by atoms with Crippen LogP contribution in [0, 0.1) is 0 Å². The molecule has 0 radical (unpaired) electrons. The Kier molecular flexibility index (Phi) is 8.73. The number of rotatable bonds is 9. The summed E-state index contributed by atoms with van der Waals surface area (Å²) in [5.41, 5.74) is 1.94. The summed E-state index contributed by atoms with van der Waals surface area (Å²) in [6.45, 7) is 11.6. The molecule has 1 fully saturated rings. The molecule has 0 bridgehead atoms. The number of carbonyl (C=O) groups excluding carboxylic acids is 2. The van der Waals surface area contributed by atoms with E-state index in [0.717, 1.165) is 47.8 Å². The van der Waals surface area contributed by atoms with Gasteiger partial charge in [0.15, 0.2) is 11.5 Å². The van der Waals surface area contributed by atoms with Crippen LogP contribution in [-0.4, -0.2) is 54.0 Å². The normalized spacial score (nSPS) is 15.0. The highest BCUT2D eigenvalue weighted by Gasteiger charge is 2.32. The molecule has 1 aromatic heterocycles. The summed E-state index contributed by atoms with van der Waals surface area (Å²) < 4.78 is 18.6. The van der Waals surface area contributed by atoms with Gasteiger partial charge in [0.1, 0.15) is 5.60 Å². The molecule has 1 saturated heterocycles. The topological polar surface area (TPSA) is 73.2 Å². The molecule has 210 valence electrons. The first-order valence-corrected chi connectivity index (χ1v) is 13.9. The summed E-state index contributed by atoms with van der Waals surface area (Å²) in [6, 6.07) is 13.2. The van der Waals surface area contributed by atoms with E-state index in [1.807, 2.05) is 80.0 Å². The van der Waals surface area contributed by atoms with Crippen molar-refractivity contribution in [3.8, 4) is 11.5 Å². The summed E-state index contributed by atoms with van der Waals surface area (Å²) in [4.78, 5) is 30.3. The zero-order valence-corrected chi connectivity index (χ0v) is 24.0. The molecule has 1 aliphatic heterocycles. The standard InChI is InChI=1S/C31H41N3O5/c1-7-8-9-20-38-28-21-23(14-15-27(28)37-6)33-18-11-17-32(29(33)35)22(2)24-12-10-13-26-25(24)16-19-34(26)30(36)39-31(3,4)5/h10,12-16,19,21-22H,7-9,11,17-18,20H2,1-6H3/t22-/m0/s1. The number of hydrogen-bond donors (Lipinski definition) is 0. The third kappa shape index (κ3) is 6.32. The van der Waals surface area contributed by atoms with Crippen molar-refractivity contribution < 1.29 is 23.8 Å². The lowest BCUT2D eigenvalue weighted by Crippen LogP contribution is -2.50. The monoisotopic (exact) mass is 535 g/mol. The van der Waals surface area contributed by atoms with E-state index >= 15 is 0 Å². The van der Waals surface area contributed by atoms with Gasteiger partial charge in [0, 0.05) is 36.4 Å². The highest BCUT2D eigenvalue weighted by Crippen LogP contribution is 2.36. The van der Waals surface area contributed by atoms with Gasteiger partial charge in [-0.2, -0.15) is 0 Å². The van der Waals surface area contributed by atoms with Crippen molar-refractivity contribution in [2.24, 2.45) is 0 Å². The van der Waals surface area contributed by atoms with E-state index in [-0.39, 0.29) is 12.1 Å². The predicted molar refractivity (Wildman–Crippen MR) is 154 cm³/mol. The highest BCUT2D eigenvalue weighted by molar-refractivity contribution is 5.95. The van der Waals surface area contributed by atoms with Gasteiger partial charge in [-0.05, 0) is 70.4 Å². The second-order valence-corrected chi connectivity index (χ2v) is 11.0. The number of hydrogen-bond acceptors (Lipinski definition) is 5. The Bertz CT molecular complexity index is 1310. The predicted octanol–water partition coefficient (Wildman–Crippen LogP) is 7.40. The van der Waals surface area contributed by atoms with Gasteiger partial charge in [0.25, 0.3) is 0 Å². The summed E-state index contributed by atoms with van der Waals surface area (Å²) >= 11 is 0. The first kappa shape index (κ1) is 28.3. The van der Waals surface area contributed by atoms with Crippen LogP contribution in [-0.2, 0) is 4.74 Å². The third-order valence-corrected chi connectivity index (χ3v) is 7.00. The Morgan fingerprint density at radius 2 is 1.85 bits per heavy atom. The van der Waals surface area contributed by atoms with Crippen LogP contribution < -0.4 is 14.4 Å². The van der Waals surface area contributed by atoms with Gasteiger partial charge in [-0.25, -0.2) is 9.59 Å². The van der Waals surface area contributed by atoms with Gasteiger partial charge in [-0.3, -0.25) is 9.47 Å². The molecule has 2 aromatic carbocycles. The summed E-state index contributed by atoms with van der Waals surface area (Å²) in [6.07, 6.45) is 5.35. The van der Waals surface area contributed by atoms with Crippen LogP contribution in [0.15, 0.2) is 48.7 Å². The smallest absolute Gasteiger partial charge is 0.418 e. The van der Waals surface area contributed by atoms with Gasteiger partial charge in [-0.15, -0.1) is 0 Å². The van der Waals surface area contributed by atoms with Crippen molar-refractivity contribution in [1.29, 1.82) is 0 Å². The SMILES string of the molecule is CCCCCOc1cc(N2CCCN([C@@H](C)c3cccc4c3ccn4C(=O)OC(C)(C)C)C2=O)ccc1OC. The first-order valence-electron chi connectivity index (χ1n) is 13.9. The van der Waals surface area contributed by atoms with Crippen LogP contribution in [0.5, 0.6) is 11.5 Å².